The number of ether oxygens (including phenoxy) is 1. The maximum absolute atomic E-state index is 5.69. The molecule has 0 saturated carbocycles. The molecule has 86 valence electrons. The lowest BCUT2D eigenvalue weighted by Crippen LogP contribution is -2.11. The Morgan fingerprint density at radius 2 is 2.27 bits per heavy atom. The van der Waals surface area contributed by atoms with Gasteiger partial charge in [-0.1, -0.05) is 13.8 Å². The van der Waals surface area contributed by atoms with Gasteiger partial charge in [0.15, 0.2) is 0 Å². The molecule has 15 heavy (non-hydrogen) atoms. The minimum Gasteiger partial charge on any atom is -0.380 e. The quantitative estimate of drug-likeness (QED) is 0.533. The summed E-state index contributed by atoms with van der Waals surface area (Å²) in [5, 5.41) is 4.06. The van der Waals surface area contributed by atoms with Gasteiger partial charge in [-0.25, -0.2) is 9.67 Å². The van der Waals surface area contributed by atoms with Gasteiger partial charge >= 0.3 is 0 Å². The molecule has 0 fully saturated rings. The van der Waals surface area contributed by atoms with Crippen LogP contribution in [0.4, 0.5) is 0 Å². The largest absolute Gasteiger partial charge is 0.380 e. The minimum atomic E-state index is 0.395. The van der Waals surface area contributed by atoms with Crippen molar-refractivity contribution in [3.63, 3.8) is 0 Å². The third-order valence-corrected chi connectivity index (χ3v) is 2.34. The lowest BCUT2D eigenvalue weighted by atomic mass is 10.1. The molecule has 0 bridgehead atoms. The van der Waals surface area contributed by atoms with E-state index in [4.69, 9.17) is 16.3 Å². The summed E-state index contributed by atoms with van der Waals surface area (Å²) in [6.07, 6.45) is 2.62. The highest BCUT2D eigenvalue weighted by atomic mass is 35.5. The molecule has 0 spiro atoms. The Hall–Kier alpha value is -0.610. The van der Waals surface area contributed by atoms with Crippen LogP contribution in [0.5, 0.6) is 0 Å². The van der Waals surface area contributed by atoms with E-state index in [9.17, 15) is 0 Å². The monoisotopic (exact) mass is 231 g/mol. The van der Waals surface area contributed by atoms with Crippen molar-refractivity contribution in [3.05, 3.63) is 12.2 Å². The predicted molar refractivity (Wildman–Crippen MR) is 59.9 cm³/mol. The number of nitrogens with zero attached hydrogens (tertiary/aromatic N) is 3. The van der Waals surface area contributed by atoms with Crippen molar-refractivity contribution >= 4 is 11.6 Å². The Morgan fingerprint density at radius 1 is 1.47 bits per heavy atom. The smallest absolute Gasteiger partial charge is 0.141 e. The van der Waals surface area contributed by atoms with Crippen LogP contribution in [0.25, 0.3) is 0 Å². The van der Waals surface area contributed by atoms with Gasteiger partial charge in [0, 0.05) is 6.61 Å². The van der Waals surface area contributed by atoms with E-state index in [2.05, 4.69) is 23.9 Å². The van der Waals surface area contributed by atoms with Gasteiger partial charge in [-0.2, -0.15) is 5.10 Å². The summed E-state index contributed by atoms with van der Waals surface area (Å²) in [7, 11) is 0. The molecule has 0 N–H and O–H groups in total. The molecule has 1 heterocycles. The molecule has 0 amide bonds. The molecule has 0 aliphatic heterocycles. The summed E-state index contributed by atoms with van der Waals surface area (Å²) in [6, 6.07) is 0. The van der Waals surface area contributed by atoms with Gasteiger partial charge in [0.25, 0.3) is 0 Å². The average molecular weight is 232 g/mol. The van der Waals surface area contributed by atoms with E-state index < -0.39 is 0 Å². The van der Waals surface area contributed by atoms with Crippen LogP contribution >= 0.6 is 11.6 Å². The second-order valence-corrected chi connectivity index (χ2v) is 4.10. The van der Waals surface area contributed by atoms with Gasteiger partial charge < -0.3 is 4.74 Å². The zero-order valence-corrected chi connectivity index (χ0v) is 10.1. The molecule has 0 aromatic carbocycles. The zero-order chi connectivity index (χ0) is 11.1. The molecular weight excluding hydrogens is 214 g/mol. The van der Waals surface area contributed by atoms with Crippen LogP contribution in [0, 0.1) is 5.92 Å². The van der Waals surface area contributed by atoms with E-state index in [0.29, 0.717) is 18.4 Å². The summed E-state index contributed by atoms with van der Waals surface area (Å²) < 4.78 is 7.27. The van der Waals surface area contributed by atoms with Crippen molar-refractivity contribution in [2.24, 2.45) is 5.92 Å². The highest BCUT2D eigenvalue weighted by Crippen LogP contribution is 2.00. The Labute approximate surface area is 95.6 Å². The lowest BCUT2D eigenvalue weighted by Gasteiger charge is -2.07. The molecule has 0 radical (unpaired) electrons. The van der Waals surface area contributed by atoms with Crippen LogP contribution in [-0.4, -0.2) is 28.0 Å². The fourth-order valence-corrected chi connectivity index (χ4v) is 1.36. The number of rotatable bonds is 7. The van der Waals surface area contributed by atoms with E-state index in [1.165, 1.54) is 6.33 Å². The normalized spacial score (nSPS) is 11.2. The summed E-state index contributed by atoms with van der Waals surface area (Å²) in [5.74, 6) is 1.88. The topological polar surface area (TPSA) is 39.9 Å². The predicted octanol–water partition coefficient (Wildman–Crippen LogP) is 2.08. The first-order chi connectivity index (χ1) is 7.24. The molecular formula is C10H18ClN3O. The Kier molecular flexibility index (Phi) is 5.65. The summed E-state index contributed by atoms with van der Waals surface area (Å²) in [4.78, 5) is 4.03. The van der Waals surface area contributed by atoms with Gasteiger partial charge in [0.2, 0.25) is 0 Å². The Morgan fingerprint density at radius 3 is 2.93 bits per heavy atom. The zero-order valence-electron chi connectivity index (χ0n) is 9.32. The Balaban J connectivity index is 2.15. The SMILES string of the molecule is CC(C)CCOCCn1ncnc1CCl. The number of hydrogen-bond acceptors (Lipinski definition) is 3. The third kappa shape index (κ3) is 4.62. The molecule has 0 saturated heterocycles. The fourth-order valence-electron chi connectivity index (χ4n) is 1.15. The first-order valence-corrected chi connectivity index (χ1v) is 5.78. The average Bonchev–Trinajstić information content (AvgIpc) is 2.64. The molecule has 0 unspecified atom stereocenters. The molecule has 5 heteroatoms. The number of alkyl halides is 1. The van der Waals surface area contributed by atoms with Gasteiger partial charge in [0.1, 0.15) is 12.2 Å². The van der Waals surface area contributed by atoms with E-state index in [1.807, 2.05) is 0 Å². The van der Waals surface area contributed by atoms with Gasteiger partial charge in [0.05, 0.1) is 19.0 Å². The minimum absolute atomic E-state index is 0.395. The molecule has 0 atom stereocenters. The molecule has 1 aromatic rings. The van der Waals surface area contributed by atoms with Crippen LogP contribution < -0.4 is 0 Å². The molecule has 0 aliphatic rings. The van der Waals surface area contributed by atoms with E-state index in [0.717, 1.165) is 25.4 Å². The molecule has 1 rings (SSSR count). The van der Waals surface area contributed by atoms with Crippen molar-refractivity contribution in [2.45, 2.75) is 32.7 Å². The highest BCUT2D eigenvalue weighted by Gasteiger charge is 2.01. The lowest BCUT2D eigenvalue weighted by molar-refractivity contribution is 0.113. The van der Waals surface area contributed by atoms with Crippen LogP contribution in [0.3, 0.4) is 0 Å². The first-order valence-electron chi connectivity index (χ1n) is 5.24. The van der Waals surface area contributed by atoms with Crippen LogP contribution in [0.2, 0.25) is 0 Å². The van der Waals surface area contributed by atoms with E-state index in [-0.39, 0.29) is 0 Å². The fraction of sp³-hybridized carbons (Fsp3) is 0.800. The van der Waals surface area contributed by atoms with Crippen LogP contribution in [0.15, 0.2) is 6.33 Å². The molecule has 1 aromatic heterocycles. The summed E-state index contributed by atoms with van der Waals surface area (Å²) in [5.41, 5.74) is 0. The van der Waals surface area contributed by atoms with Gasteiger partial charge in [-0.3, -0.25) is 0 Å². The maximum Gasteiger partial charge on any atom is 0.141 e. The second kappa shape index (κ2) is 6.80. The highest BCUT2D eigenvalue weighted by molar-refractivity contribution is 6.16. The Bertz CT molecular complexity index is 275. The van der Waals surface area contributed by atoms with E-state index in [1.54, 1.807) is 4.68 Å². The molecule has 0 aliphatic carbocycles. The summed E-state index contributed by atoms with van der Waals surface area (Å²) >= 11 is 5.69. The van der Waals surface area contributed by atoms with Crippen molar-refractivity contribution in [2.75, 3.05) is 13.2 Å². The van der Waals surface area contributed by atoms with Crippen LogP contribution in [0.1, 0.15) is 26.1 Å². The van der Waals surface area contributed by atoms with Crippen molar-refractivity contribution in [3.8, 4) is 0 Å². The van der Waals surface area contributed by atoms with Gasteiger partial charge in [-0.05, 0) is 12.3 Å². The number of halogens is 1. The number of hydrogen-bond donors (Lipinski definition) is 0. The standard InChI is InChI=1S/C10H18ClN3O/c1-9(2)3-5-15-6-4-14-10(7-11)12-8-13-14/h8-9H,3-7H2,1-2H3. The van der Waals surface area contributed by atoms with Crippen molar-refractivity contribution in [1.29, 1.82) is 0 Å². The third-order valence-electron chi connectivity index (χ3n) is 2.10. The van der Waals surface area contributed by atoms with Gasteiger partial charge in [-0.15, -0.1) is 11.6 Å². The summed E-state index contributed by atoms with van der Waals surface area (Å²) in [6.45, 7) is 6.57. The number of aromatic nitrogens is 3. The maximum atomic E-state index is 5.69. The van der Waals surface area contributed by atoms with Crippen LogP contribution in [-0.2, 0) is 17.2 Å². The van der Waals surface area contributed by atoms with E-state index >= 15 is 0 Å². The second-order valence-electron chi connectivity index (χ2n) is 3.83. The molecule has 4 nitrogen and oxygen atoms in total. The first kappa shape index (κ1) is 12.5. The van der Waals surface area contributed by atoms with Crippen molar-refractivity contribution in [1.82, 2.24) is 14.8 Å². The van der Waals surface area contributed by atoms with Crippen molar-refractivity contribution < 1.29 is 4.74 Å².